The summed E-state index contributed by atoms with van der Waals surface area (Å²) in [4.78, 5) is 14.4. The number of carbonyl (C=O) groups excluding carboxylic acids is 1. The molecule has 2 heterocycles. The number of hydrogen-bond acceptors (Lipinski definition) is 4. The van der Waals surface area contributed by atoms with Crippen LogP contribution in [0.3, 0.4) is 0 Å². The zero-order chi connectivity index (χ0) is 15.7. The zero-order valence-corrected chi connectivity index (χ0v) is 12.7. The van der Waals surface area contributed by atoms with E-state index >= 15 is 0 Å². The number of aliphatic hydroxyl groups is 1. The summed E-state index contributed by atoms with van der Waals surface area (Å²) in [6.07, 6.45) is 1.49. The maximum absolute atomic E-state index is 12.7. The highest BCUT2D eigenvalue weighted by Gasteiger charge is 2.37. The fraction of sp³-hybridized carbons (Fsp3) is 0.353. The molecule has 0 radical (unpaired) electrons. The summed E-state index contributed by atoms with van der Waals surface area (Å²) < 4.78 is 10.5. The van der Waals surface area contributed by atoms with Crippen molar-refractivity contribution in [1.29, 1.82) is 0 Å². The molecule has 22 heavy (non-hydrogen) atoms. The second-order valence-corrected chi connectivity index (χ2v) is 5.57. The molecule has 3 rings (SSSR count). The van der Waals surface area contributed by atoms with Crippen LogP contribution in [0.4, 0.5) is 0 Å². The van der Waals surface area contributed by atoms with E-state index in [-0.39, 0.29) is 11.9 Å². The van der Waals surface area contributed by atoms with Crippen LogP contribution in [0.15, 0.2) is 41.0 Å². The van der Waals surface area contributed by atoms with E-state index < -0.39 is 6.10 Å². The molecular formula is C17H19NO4. The zero-order valence-electron chi connectivity index (χ0n) is 12.7. The molecule has 1 aromatic heterocycles. The second kappa shape index (κ2) is 5.85. The summed E-state index contributed by atoms with van der Waals surface area (Å²) in [6, 6.07) is 9.18. The largest absolute Gasteiger partial charge is 0.497 e. The Morgan fingerprint density at radius 1 is 1.41 bits per heavy atom. The maximum atomic E-state index is 12.7. The lowest BCUT2D eigenvalue weighted by atomic mass is 10.0. The van der Waals surface area contributed by atoms with Crippen LogP contribution < -0.4 is 4.74 Å². The topological polar surface area (TPSA) is 62.9 Å². The SMILES string of the molecule is COc1cccc([C@@H]2C[C@@H](O)CN2C(=O)c2occc2C)c1. The summed E-state index contributed by atoms with van der Waals surface area (Å²) in [5.74, 6) is 0.884. The third kappa shape index (κ3) is 2.60. The number of rotatable bonds is 3. The monoisotopic (exact) mass is 301 g/mol. The predicted octanol–water partition coefficient (Wildman–Crippen LogP) is 2.54. The fourth-order valence-corrected chi connectivity index (χ4v) is 2.93. The molecule has 0 saturated carbocycles. The Morgan fingerprint density at radius 2 is 2.23 bits per heavy atom. The Labute approximate surface area is 129 Å². The lowest BCUT2D eigenvalue weighted by Crippen LogP contribution is -2.31. The van der Waals surface area contributed by atoms with E-state index in [2.05, 4.69) is 0 Å². The van der Waals surface area contributed by atoms with E-state index in [0.717, 1.165) is 16.9 Å². The minimum absolute atomic E-state index is 0.179. The Hall–Kier alpha value is -2.27. The highest BCUT2D eigenvalue weighted by Crippen LogP contribution is 2.35. The summed E-state index contributed by atoms with van der Waals surface area (Å²) in [5, 5.41) is 10.0. The van der Waals surface area contributed by atoms with Gasteiger partial charge < -0.3 is 19.2 Å². The van der Waals surface area contributed by atoms with Crippen molar-refractivity contribution in [2.45, 2.75) is 25.5 Å². The molecule has 1 aliphatic rings. The molecule has 2 aromatic rings. The molecule has 2 atom stereocenters. The molecule has 116 valence electrons. The number of ether oxygens (including phenoxy) is 1. The van der Waals surface area contributed by atoms with Crippen LogP contribution in [0.2, 0.25) is 0 Å². The number of methoxy groups -OCH3 is 1. The van der Waals surface area contributed by atoms with Crippen molar-refractivity contribution < 1.29 is 19.1 Å². The number of hydrogen-bond donors (Lipinski definition) is 1. The molecule has 1 fully saturated rings. The van der Waals surface area contributed by atoms with Gasteiger partial charge in [0.2, 0.25) is 0 Å². The van der Waals surface area contributed by atoms with Crippen molar-refractivity contribution in [2.24, 2.45) is 0 Å². The normalized spacial score (nSPS) is 21.1. The lowest BCUT2D eigenvalue weighted by Gasteiger charge is -2.24. The van der Waals surface area contributed by atoms with Gasteiger partial charge in [-0.25, -0.2) is 0 Å². The number of aryl methyl sites for hydroxylation is 1. The predicted molar refractivity (Wildman–Crippen MR) is 80.8 cm³/mol. The van der Waals surface area contributed by atoms with Gasteiger partial charge in [-0.3, -0.25) is 4.79 Å². The first-order valence-electron chi connectivity index (χ1n) is 7.27. The van der Waals surface area contributed by atoms with E-state index in [4.69, 9.17) is 9.15 Å². The summed E-state index contributed by atoms with van der Waals surface area (Å²) in [7, 11) is 1.61. The molecule has 5 heteroatoms. The number of amides is 1. The van der Waals surface area contributed by atoms with Crippen molar-refractivity contribution in [1.82, 2.24) is 4.90 Å². The summed E-state index contributed by atoms with van der Waals surface area (Å²) in [5.41, 5.74) is 1.75. The minimum Gasteiger partial charge on any atom is -0.497 e. The first-order valence-corrected chi connectivity index (χ1v) is 7.27. The molecule has 0 aliphatic carbocycles. The van der Waals surface area contributed by atoms with Crippen molar-refractivity contribution in [2.75, 3.05) is 13.7 Å². The van der Waals surface area contributed by atoms with Crippen LogP contribution in [0.25, 0.3) is 0 Å². The molecule has 1 amide bonds. The van der Waals surface area contributed by atoms with Gasteiger partial charge in [-0.2, -0.15) is 0 Å². The Kier molecular flexibility index (Phi) is 3.90. The first-order chi connectivity index (χ1) is 10.6. The third-order valence-electron chi connectivity index (χ3n) is 4.07. The molecule has 1 saturated heterocycles. The average Bonchev–Trinajstić information content (AvgIpc) is 3.12. The number of nitrogens with zero attached hydrogens (tertiary/aromatic N) is 1. The molecule has 1 N–H and O–H groups in total. The van der Waals surface area contributed by atoms with Gasteiger partial charge in [0.15, 0.2) is 5.76 Å². The number of carbonyl (C=O) groups is 1. The van der Waals surface area contributed by atoms with Crippen molar-refractivity contribution in [3.63, 3.8) is 0 Å². The van der Waals surface area contributed by atoms with E-state index in [1.165, 1.54) is 6.26 Å². The van der Waals surface area contributed by atoms with Crippen LogP contribution in [0, 0.1) is 6.92 Å². The second-order valence-electron chi connectivity index (χ2n) is 5.57. The van der Waals surface area contributed by atoms with E-state index in [0.29, 0.717) is 18.7 Å². The average molecular weight is 301 g/mol. The quantitative estimate of drug-likeness (QED) is 0.946. The number of benzene rings is 1. The summed E-state index contributed by atoms with van der Waals surface area (Å²) >= 11 is 0. The van der Waals surface area contributed by atoms with Gasteiger partial charge in [0, 0.05) is 12.1 Å². The van der Waals surface area contributed by atoms with E-state index in [1.54, 1.807) is 18.1 Å². The highest BCUT2D eigenvalue weighted by atomic mass is 16.5. The van der Waals surface area contributed by atoms with Crippen LogP contribution in [0.5, 0.6) is 5.75 Å². The fourth-order valence-electron chi connectivity index (χ4n) is 2.93. The Morgan fingerprint density at radius 3 is 2.91 bits per heavy atom. The van der Waals surface area contributed by atoms with Gasteiger partial charge in [-0.05, 0) is 37.1 Å². The molecule has 0 unspecified atom stereocenters. The molecular weight excluding hydrogens is 282 g/mol. The van der Waals surface area contributed by atoms with Crippen LogP contribution in [-0.2, 0) is 0 Å². The highest BCUT2D eigenvalue weighted by molar-refractivity contribution is 5.93. The lowest BCUT2D eigenvalue weighted by molar-refractivity contribution is 0.0682. The van der Waals surface area contributed by atoms with E-state index in [1.807, 2.05) is 31.2 Å². The third-order valence-corrected chi connectivity index (χ3v) is 4.07. The van der Waals surface area contributed by atoms with Gasteiger partial charge in [0.1, 0.15) is 5.75 Å². The smallest absolute Gasteiger partial charge is 0.290 e. The number of β-amino-alcohol motifs (C(OH)–C–C–N with tert-alkyl or cyclic N) is 1. The Bertz CT molecular complexity index is 679. The van der Waals surface area contributed by atoms with Crippen molar-refractivity contribution in [3.05, 3.63) is 53.5 Å². The van der Waals surface area contributed by atoms with E-state index in [9.17, 15) is 9.90 Å². The maximum Gasteiger partial charge on any atom is 0.290 e. The Balaban J connectivity index is 1.92. The van der Waals surface area contributed by atoms with Gasteiger partial charge in [0.05, 0.1) is 25.5 Å². The number of aliphatic hydroxyl groups excluding tert-OH is 1. The van der Waals surface area contributed by atoms with Crippen molar-refractivity contribution in [3.8, 4) is 5.75 Å². The number of likely N-dealkylation sites (tertiary alicyclic amines) is 1. The van der Waals surface area contributed by atoms with Gasteiger partial charge in [-0.1, -0.05) is 12.1 Å². The van der Waals surface area contributed by atoms with Crippen molar-refractivity contribution >= 4 is 5.91 Å². The standard InChI is InChI=1S/C17H19NO4/c1-11-6-7-22-16(11)17(20)18-10-13(19)9-15(18)12-4-3-5-14(8-12)21-2/h3-8,13,15,19H,9-10H2,1-2H3/t13-,15+/m1/s1. The number of furan rings is 1. The van der Waals surface area contributed by atoms with Gasteiger partial charge >= 0.3 is 0 Å². The first kappa shape index (κ1) is 14.7. The minimum atomic E-state index is -0.532. The molecule has 0 spiro atoms. The van der Waals surface area contributed by atoms with Crippen LogP contribution >= 0.6 is 0 Å². The summed E-state index contributed by atoms with van der Waals surface area (Å²) in [6.45, 7) is 2.14. The molecule has 1 aliphatic heterocycles. The molecule has 1 aromatic carbocycles. The molecule has 5 nitrogen and oxygen atoms in total. The van der Waals surface area contributed by atoms with Crippen LogP contribution in [0.1, 0.15) is 34.1 Å². The van der Waals surface area contributed by atoms with Gasteiger partial charge in [-0.15, -0.1) is 0 Å². The van der Waals surface area contributed by atoms with Crippen LogP contribution in [-0.4, -0.2) is 35.7 Å². The van der Waals surface area contributed by atoms with Gasteiger partial charge in [0.25, 0.3) is 5.91 Å². The molecule has 0 bridgehead atoms.